The third-order valence-corrected chi connectivity index (χ3v) is 8.10. The monoisotopic (exact) mass is 455 g/mol. The summed E-state index contributed by atoms with van der Waals surface area (Å²) in [4.78, 5) is 35.7. The van der Waals surface area contributed by atoms with Crippen LogP contribution in [0.3, 0.4) is 0 Å². The maximum absolute atomic E-state index is 13.5. The fourth-order valence-electron chi connectivity index (χ4n) is 3.61. The highest BCUT2D eigenvalue weighted by atomic mass is 28.4. The fraction of sp³-hybridized carbons (Fsp3) is 0.400. The Morgan fingerprint density at radius 1 is 1.25 bits per heavy atom. The maximum Gasteiger partial charge on any atom is 0.362 e. The molecule has 6 nitrogen and oxygen atoms in total. The van der Waals surface area contributed by atoms with Crippen LogP contribution in [-0.4, -0.2) is 55.3 Å². The van der Waals surface area contributed by atoms with Gasteiger partial charge < -0.3 is 24.0 Å². The Balaban J connectivity index is 1.82. The molecule has 1 aliphatic heterocycles. The minimum atomic E-state index is -3.42. The molecule has 172 valence electrons. The van der Waals surface area contributed by atoms with E-state index in [0.29, 0.717) is 18.7 Å². The molecule has 1 aliphatic rings. The lowest BCUT2D eigenvalue weighted by Gasteiger charge is -2.26. The van der Waals surface area contributed by atoms with Gasteiger partial charge >= 0.3 is 8.56 Å². The molecule has 0 aliphatic carbocycles. The summed E-state index contributed by atoms with van der Waals surface area (Å²) in [6, 6.07) is 15.0. The maximum atomic E-state index is 13.5. The zero-order chi connectivity index (χ0) is 23.1. The third-order valence-electron chi connectivity index (χ3n) is 5.75. The average molecular weight is 456 g/mol. The standard InChI is InChI=1S/C25H33NO5Si/c1-19(2)32(28,29)14-12-20-7-4-9-22(15-20)25(27)26(18-24-11-6-13-31-24)17-21-8-5-10-23(16-21)30-3/h4-5,7-10,12,14-16,19,24,28-29H,6,11,13,17-18H2,1-3H3. The molecule has 2 N–H and O–H groups in total. The first kappa shape index (κ1) is 24.2. The first-order valence-corrected chi connectivity index (χ1v) is 13.1. The lowest BCUT2D eigenvalue weighted by atomic mass is 10.1. The largest absolute Gasteiger partial charge is 0.497 e. The molecule has 1 heterocycles. The lowest BCUT2D eigenvalue weighted by Crippen LogP contribution is -2.37. The van der Waals surface area contributed by atoms with Crippen LogP contribution in [0.25, 0.3) is 6.08 Å². The Morgan fingerprint density at radius 3 is 2.72 bits per heavy atom. The minimum Gasteiger partial charge on any atom is -0.497 e. The van der Waals surface area contributed by atoms with E-state index in [1.54, 1.807) is 39.2 Å². The van der Waals surface area contributed by atoms with Crippen LogP contribution in [0.15, 0.2) is 54.2 Å². The predicted molar refractivity (Wildman–Crippen MR) is 127 cm³/mol. The van der Waals surface area contributed by atoms with Gasteiger partial charge in [0, 0.05) is 30.8 Å². The van der Waals surface area contributed by atoms with Crippen LogP contribution in [0.2, 0.25) is 5.54 Å². The highest BCUT2D eigenvalue weighted by molar-refractivity contribution is 6.72. The molecule has 0 spiro atoms. The summed E-state index contributed by atoms with van der Waals surface area (Å²) in [6.07, 6.45) is 3.68. The number of carbonyl (C=O) groups excluding carboxylic acids is 1. The van der Waals surface area contributed by atoms with E-state index in [0.717, 1.165) is 36.3 Å². The number of rotatable bonds is 9. The van der Waals surface area contributed by atoms with Gasteiger partial charge in [0.05, 0.1) is 13.2 Å². The SMILES string of the molecule is COc1cccc(CN(CC2CCCO2)C(=O)c2cccc(C=C[Si](O)(O)C(C)C)c2)c1. The molecule has 7 heteroatoms. The van der Waals surface area contributed by atoms with E-state index in [-0.39, 0.29) is 17.6 Å². The molecule has 0 aromatic heterocycles. The molecule has 0 radical (unpaired) electrons. The molecule has 1 amide bonds. The number of carbonyl (C=O) groups is 1. The Labute approximate surface area is 191 Å². The fourth-order valence-corrected chi connectivity index (χ4v) is 4.44. The van der Waals surface area contributed by atoms with Crippen LogP contribution >= 0.6 is 0 Å². The first-order chi connectivity index (χ1) is 15.3. The van der Waals surface area contributed by atoms with Gasteiger partial charge in [0.15, 0.2) is 0 Å². The Kier molecular flexibility index (Phi) is 8.25. The second-order valence-corrected chi connectivity index (χ2v) is 11.6. The molecule has 1 saturated heterocycles. The highest BCUT2D eigenvalue weighted by Gasteiger charge is 2.30. The van der Waals surface area contributed by atoms with Gasteiger partial charge in [-0.3, -0.25) is 4.79 Å². The predicted octanol–water partition coefficient (Wildman–Crippen LogP) is 3.91. The summed E-state index contributed by atoms with van der Waals surface area (Å²) in [7, 11) is -1.79. The van der Waals surface area contributed by atoms with Crippen molar-refractivity contribution in [2.75, 3.05) is 20.3 Å². The topological polar surface area (TPSA) is 79.2 Å². The summed E-state index contributed by atoms with van der Waals surface area (Å²) in [5, 5.41) is 0. The molecule has 1 unspecified atom stereocenters. The van der Waals surface area contributed by atoms with Crippen molar-refractivity contribution in [3.63, 3.8) is 0 Å². The second kappa shape index (κ2) is 10.9. The van der Waals surface area contributed by atoms with E-state index in [4.69, 9.17) is 9.47 Å². The van der Waals surface area contributed by atoms with E-state index in [1.807, 2.05) is 41.3 Å². The molecule has 32 heavy (non-hydrogen) atoms. The zero-order valence-corrected chi connectivity index (χ0v) is 20.0. The van der Waals surface area contributed by atoms with Crippen molar-refractivity contribution in [3.8, 4) is 5.75 Å². The number of nitrogens with zero attached hydrogens (tertiary/aromatic N) is 1. The number of amides is 1. The minimum absolute atomic E-state index is 0.0362. The number of hydrogen-bond acceptors (Lipinski definition) is 5. The van der Waals surface area contributed by atoms with Crippen molar-refractivity contribution < 1.29 is 23.9 Å². The Bertz CT molecular complexity index is 937. The van der Waals surface area contributed by atoms with Crippen LogP contribution in [-0.2, 0) is 11.3 Å². The molecule has 1 fully saturated rings. The normalized spacial score (nSPS) is 16.6. The van der Waals surface area contributed by atoms with Gasteiger partial charge in [0.1, 0.15) is 5.75 Å². The van der Waals surface area contributed by atoms with Crippen molar-refractivity contribution in [1.82, 2.24) is 4.90 Å². The quantitative estimate of drug-likeness (QED) is 0.561. The Hall–Kier alpha value is -2.45. The van der Waals surface area contributed by atoms with Gasteiger partial charge in [-0.25, -0.2) is 0 Å². The van der Waals surface area contributed by atoms with E-state index in [9.17, 15) is 14.4 Å². The molecule has 2 aromatic rings. The second-order valence-electron chi connectivity index (χ2n) is 8.57. The van der Waals surface area contributed by atoms with Gasteiger partial charge in [0.2, 0.25) is 0 Å². The molecular formula is C25H33NO5Si. The zero-order valence-electron chi connectivity index (χ0n) is 19.0. The molecule has 2 aromatic carbocycles. The average Bonchev–Trinajstić information content (AvgIpc) is 3.30. The smallest absolute Gasteiger partial charge is 0.362 e. The van der Waals surface area contributed by atoms with Gasteiger partial charge in [0.25, 0.3) is 5.91 Å². The summed E-state index contributed by atoms with van der Waals surface area (Å²) in [6.45, 7) is 5.28. The van der Waals surface area contributed by atoms with E-state index < -0.39 is 8.56 Å². The van der Waals surface area contributed by atoms with Crippen molar-refractivity contribution >= 4 is 20.5 Å². The van der Waals surface area contributed by atoms with E-state index in [2.05, 4.69) is 0 Å². The number of hydrogen-bond donors (Lipinski definition) is 2. The van der Waals surface area contributed by atoms with Crippen molar-refractivity contribution in [3.05, 3.63) is 70.9 Å². The van der Waals surface area contributed by atoms with Crippen LogP contribution in [0.1, 0.15) is 48.2 Å². The highest BCUT2D eigenvalue weighted by Crippen LogP contribution is 2.21. The summed E-state index contributed by atoms with van der Waals surface area (Å²) in [5.74, 6) is 0.670. The van der Waals surface area contributed by atoms with E-state index in [1.165, 1.54) is 5.70 Å². The van der Waals surface area contributed by atoms with Gasteiger partial charge in [-0.1, -0.05) is 44.2 Å². The Morgan fingerprint density at radius 2 is 2.03 bits per heavy atom. The summed E-state index contributed by atoms with van der Waals surface area (Å²) < 4.78 is 11.1. The van der Waals surface area contributed by atoms with Gasteiger partial charge in [-0.2, -0.15) is 0 Å². The molecule has 1 atom stereocenters. The van der Waals surface area contributed by atoms with E-state index >= 15 is 0 Å². The van der Waals surface area contributed by atoms with Crippen LogP contribution in [0.5, 0.6) is 5.75 Å². The number of ether oxygens (including phenoxy) is 2. The number of benzene rings is 2. The van der Waals surface area contributed by atoms with Crippen molar-refractivity contribution in [2.24, 2.45) is 0 Å². The lowest BCUT2D eigenvalue weighted by molar-refractivity contribution is 0.0507. The van der Waals surface area contributed by atoms with Crippen molar-refractivity contribution in [2.45, 2.75) is 44.9 Å². The summed E-state index contributed by atoms with van der Waals surface area (Å²) >= 11 is 0. The molecule has 0 bridgehead atoms. The van der Waals surface area contributed by atoms with Gasteiger partial charge in [-0.05, 0) is 53.9 Å². The number of methoxy groups -OCH3 is 1. The molecular weight excluding hydrogens is 422 g/mol. The summed E-state index contributed by atoms with van der Waals surface area (Å²) in [5.41, 5.74) is 3.57. The van der Waals surface area contributed by atoms with Crippen LogP contribution in [0, 0.1) is 0 Å². The van der Waals surface area contributed by atoms with Gasteiger partial charge in [-0.15, -0.1) is 0 Å². The van der Waals surface area contributed by atoms with Crippen LogP contribution < -0.4 is 4.74 Å². The third kappa shape index (κ3) is 6.52. The molecule has 0 saturated carbocycles. The first-order valence-electron chi connectivity index (χ1n) is 11.1. The van der Waals surface area contributed by atoms with Crippen molar-refractivity contribution in [1.29, 1.82) is 0 Å². The molecule has 3 rings (SSSR count). The van der Waals surface area contributed by atoms with Crippen LogP contribution in [0.4, 0.5) is 0 Å².